The Morgan fingerprint density at radius 3 is 2.30 bits per heavy atom. The van der Waals surface area contributed by atoms with E-state index in [1.54, 1.807) is 18.3 Å². The second-order valence-corrected chi connectivity index (χ2v) is 4.18. The van der Waals surface area contributed by atoms with Crippen molar-refractivity contribution in [1.82, 2.24) is 4.98 Å². The predicted molar refractivity (Wildman–Crippen MR) is 66.7 cm³/mol. The minimum Gasteiger partial charge on any atom is -0.489 e. The van der Waals surface area contributed by atoms with E-state index in [0.717, 1.165) is 5.56 Å². The lowest BCUT2D eigenvalue weighted by Crippen LogP contribution is -2.16. The lowest BCUT2D eigenvalue weighted by Gasteiger charge is -2.10. The zero-order valence-corrected chi connectivity index (χ0v) is 10.8. The van der Waals surface area contributed by atoms with Gasteiger partial charge in [0.25, 0.3) is 0 Å². The summed E-state index contributed by atoms with van der Waals surface area (Å²) in [5, 5.41) is 0.347. The van der Waals surface area contributed by atoms with E-state index in [2.05, 4.69) is 9.72 Å². The SMILES string of the molecule is FC(F)(F)Oc1ccc(OCc2ccnc(Cl)c2)cc1. The quantitative estimate of drug-likeness (QED) is 0.793. The molecule has 0 saturated heterocycles. The van der Waals surface area contributed by atoms with Gasteiger partial charge in [-0.15, -0.1) is 13.2 Å². The number of halogens is 4. The Morgan fingerprint density at radius 2 is 1.70 bits per heavy atom. The van der Waals surface area contributed by atoms with Crippen LogP contribution >= 0.6 is 11.6 Å². The van der Waals surface area contributed by atoms with Crippen molar-refractivity contribution >= 4 is 11.6 Å². The molecule has 0 aliphatic rings. The molecule has 2 rings (SSSR count). The van der Waals surface area contributed by atoms with Gasteiger partial charge in [-0.05, 0) is 42.0 Å². The summed E-state index contributed by atoms with van der Waals surface area (Å²) in [6, 6.07) is 8.52. The van der Waals surface area contributed by atoms with Crippen molar-refractivity contribution in [2.75, 3.05) is 0 Å². The Balaban J connectivity index is 1.94. The largest absolute Gasteiger partial charge is 0.573 e. The Morgan fingerprint density at radius 1 is 1.05 bits per heavy atom. The number of pyridine rings is 1. The molecule has 0 radical (unpaired) electrons. The molecule has 7 heteroatoms. The summed E-state index contributed by atoms with van der Waals surface area (Å²) in [5.74, 6) is 0.129. The molecule has 3 nitrogen and oxygen atoms in total. The van der Waals surface area contributed by atoms with Gasteiger partial charge in [0.2, 0.25) is 0 Å². The maximum absolute atomic E-state index is 12.0. The minimum absolute atomic E-state index is 0.238. The highest BCUT2D eigenvalue weighted by Crippen LogP contribution is 2.25. The van der Waals surface area contributed by atoms with Gasteiger partial charge in [0.15, 0.2) is 0 Å². The third kappa shape index (κ3) is 4.62. The van der Waals surface area contributed by atoms with Crippen LogP contribution in [0.2, 0.25) is 5.15 Å². The summed E-state index contributed by atoms with van der Waals surface area (Å²) < 4.78 is 45.1. The average molecular weight is 304 g/mol. The van der Waals surface area contributed by atoms with Gasteiger partial charge in [0.05, 0.1) is 0 Å². The first-order valence-electron chi connectivity index (χ1n) is 5.51. The maximum atomic E-state index is 12.0. The second-order valence-electron chi connectivity index (χ2n) is 3.79. The summed E-state index contributed by atoms with van der Waals surface area (Å²) >= 11 is 5.72. The molecule has 0 unspecified atom stereocenters. The minimum atomic E-state index is -4.70. The predicted octanol–water partition coefficient (Wildman–Crippen LogP) is 4.21. The second kappa shape index (κ2) is 6.00. The van der Waals surface area contributed by atoms with Crippen molar-refractivity contribution in [3.63, 3.8) is 0 Å². The molecule has 0 spiro atoms. The van der Waals surface area contributed by atoms with E-state index in [-0.39, 0.29) is 12.4 Å². The number of hydrogen-bond acceptors (Lipinski definition) is 3. The molecule has 0 saturated carbocycles. The van der Waals surface area contributed by atoms with E-state index in [1.165, 1.54) is 24.3 Å². The smallest absolute Gasteiger partial charge is 0.489 e. The van der Waals surface area contributed by atoms with Crippen molar-refractivity contribution in [3.05, 3.63) is 53.3 Å². The van der Waals surface area contributed by atoms with E-state index in [9.17, 15) is 13.2 Å². The average Bonchev–Trinajstić information content (AvgIpc) is 2.36. The van der Waals surface area contributed by atoms with Gasteiger partial charge in [-0.25, -0.2) is 4.98 Å². The molecule has 0 aliphatic carbocycles. The first kappa shape index (κ1) is 14.5. The Bertz CT molecular complexity index is 573. The highest BCUT2D eigenvalue weighted by molar-refractivity contribution is 6.29. The fourth-order valence-electron chi connectivity index (χ4n) is 1.44. The number of ether oxygens (including phenoxy) is 2. The van der Waals surface area contributed by atoms with Crippen LogP contribution in [-0.2, 0) is 6.61 Å². The van der Waals surface area contributed by atoms with Crippen LogP contribution in [0.4, 0.5) is 13.2 Å². The highest BCUT2D eigenvalue weighted by atomic mass is 35.5. The van der Waals surface area contributed by atoms with Crippen LogP contribution in [0.1, 0.15) is 5.56 Å². The fraction of sp³-hybridized carbons (Fsp3) is 0.154. The van der Waals surface area contributed by atoms with Gasteiger partial charge in [0, 0.05) is 6.20 Å². The molecule has 0 bridgehead atoms. The van der Waals surface area contributed by atoms with Gasteiger partial charge in [0.1, 0.15) is 23.3 Å². The molecule has 1 aromatic carbocycles. The van der Waals surface area contributed by atoms with Crippen LogP contribution in [0, 0.1) is 0 Å². The molecule has 0 N–H and O–H groups in total. The molecular weight excluding hydrogens is 295 g/mol. The summed E-state index contributed by atoms with van der Waals surface area (Å²) in [6.45, 7) is 0.238. The number of nitrogens with zero attached hydrogens (tertiary/aromatic N) is 1. The normalized spacial score (nSPS) is 11.2. The van der Waals surface area contributed by atoms with E-state index in [1.807, 2.05) is 0 Å². The van der Waals surface area contributed by atoms with E-state index >= 15 is 0 Å². The topological polar surface area (TPSA) is 31.4 Å². The number of aromatic nitrogens is 1. The summed E-state index contributed by atoms with van der Waals surface area (Å²) in [4.78, 5) is 3.83. The number of rotatable bonds is 4. The lowest BCUT2D eigenvalue weighted by atomic mass is 10.3. The zero-order chi connectivity index (χ0) is 14.6. The molecule has 1 aromatic heterocycles. The first-order valence-corrected chi connectivity index (χ1v) is 5.89. The molecule has 0 fully saturated rings. The van der Waals surface area contributed by atoms with Crippen molar-refractivity contribution in [2.45, 2.75) is 13.0 Å². The van der Waals surface area contributed by atoms with Crippen molar-refractivity contribution in [2.24, 2.45) is 0 Å². The maximum Gasteiger partial charge on any atom is 0.573 e. The van der Waals surface area contributed by atoms with Crippen LogP contribution in [0.25, 0.3) is 0 Å². The zero-order valence-electron chi connectivity index (χ0n) is 10.0. The van der Waals surface area contributed by atoms with Crippen LogP contribution < -0.4 is 9.47 Å². The number of hydrogen-bond donors (Lipinski definition) is 0. The molecule has 106 valence electrons. The molecule has 0 atom stereocenters. The Hall–Kier alpha value is -1.95. The van der Waals surface area contributed by atoms with Crippen molar-refractivity contribution in [1.29, 1.82) is 0 Å². The third-order valence-electron chi connectivity index (χ3n) is 2.25. The number of alkyl halides is 3. The standard InChI is InChI=1S/C13H9ClF3NO2/c14-12-7-9(5-6-18-12)8-19-10-1-3-11(4-2-10)20-13(15,16)17/h1-7H,8H2. The molecule has 0 aliphatic heterocycles. The Kier molecular flexibility index (Phi) is 4.34. The molecular formula is C13H9ClF3NO2. The summed E-state index contributed by atoms with van der Waals surface area (Å²) in [6.07, 6.45) is -3.16. The summed E-state index contributed by atoms with van der Waals surface area (Å²) in [5.41, 5.74) is 0.806. The van der Waals surface area contributed by atoms with Gasteiger partial charge in [-0.3, -0.25) is 0 Å². The molecule has 1 heterocycles. The van der Waals surface area contributed by atoms with Crippen molar-refractivity contribution < 1.29 is 22.6 Å². The lowest BCUT2D eigenvalue weighted by molar-refractivity contribution is -0.274. The third-order valence-corrected chi connectivity index (χ3v) is 2.46. The van der Waals surface area contributed by atoms with Crippen LogP contribution in [0.15, 0.2) is 42.6 Å². The monoisotopic (exact) mass is 303 g/mol. The molecule has 20 heavy (non-hydrogen) atoms. The van der Waals surface area contributed by atoms with Crippen LogP contribution in [0.3, 0.4) is 0 Å². The number of benzene rings is 1. The van der Waals surface area contributed by atoms with E-state index < -0.39 is 6.36 Å². The molecule has 2 aromatic rings. The molecule has 0 amide bonds. The fourth-order valence-corrected chi connectivity index (χ4v) is 1.63. The van der Waals surface area contributed by atoms with E-state index in [0.29, 0.717) is 10.9 Å². The van der Waals surface area contributed by atoms with Crippen LogP contribution in [-0.4, -0.2) is 11.3 Å². The van der Waals surface area contributed by atoms with Gasteiger partial charge < -0.3 is 9.47 Å². The van der Waals surface area contributed by atoms with Gasteiger partial charge in [-0.2, -0.15) is 0 Å². The van der Waals surface area contributed by atoms with Crippen molar-refractivity contribution in [3.8, 4) is 11.5 Å². The van der Waals surface area contributed by atoms with Gasteiger partial charge >= 0.3 is 6.36 Å². The Labute approximate surface area is 117 Å². The van der Waals surface area contributed by atoms with Gasteiger partial charge in [-0.1, -0.05) is 11.6 Å². The summed E-state index contributed by atoms with van der Waals surface area (Å²) in [7, 11) is 0. The van der Waals surface area contributed by atoms with E-state index in [4.69, 9.17) is 16.3 Å². The highest BCUT2D eigenvalue weighted by Gasteiger charge is 2.30. The first-order chi connectivity index (χ1) is 9.42. The van der Waals surface area contributed by atoms with Crippen LogP contribution in [0.5, 0.6) is 11.5 Å².